The van der Waals surface area contributed by atoms with Crippen molar-refractivity contribution < 1.29 is 14.7 Å². The van der Waals surface area contributed by atoms with E-state index < -0.39 is 11.9 Å². The van der Waals surface area contributed by atoms with Crippen molar-refractivity contribution >= 4 is 11.9 Å². The Bertz CT molecular complexity index is 309. The molecule has 5 nitrogen and oxygen atoms in total. The van der Waals surface area contributed by atoms with Gasteiger partial charge in [0.25, 0.3) is 0 Å². The van der Waals surface area contributed by atoms with E-state index in [2.05, 4.69) is 18.7 Å². The topological polar surface area (TPSA) is 60.9 Å². The summed E-state index contributed by atoms with van der Waals surface area (Å²) in [5.74, 6) is -2.28. The average Bonchev–Trinajstić information content (AvgIpc) is 2.36. The van der Waals surface area contributed by atoms with Gasteiger partial charge in [-0.25, -0.2) is 0 Å². The van der Waals surface area contributed by atoms with Crippen LogP contribution in [0, 0.1) is 5.92 Å². The highest BCUT2D eigenvalue weighted by atomic mass is 16.4. The molecule has 1 aliphatic heterocycles. The van der Waals surface area contributed by atoms with Crippen molar-refractivity contribution in [2.45, 2.75) is 45.7 Å². The number of carbonyl (C=O) groups is 2. The molecule has 0 spiro atoms. The first-order valence-corrected chi connectivity index (χ1v) is 6.58. The van der Waals surface area contributed by atoms with E-state index >= 15 is 0 Å². The molecule has 0 aromatic carbocycles. The third kappa shape index (κ3) is 3.45. The molecular formula is C13H24N2O3. The van der Waals surface area contributed by atoms with E-state index in [4.69, 9.17) is 5.11 Å². The zero-order valence-corrected chi connectivity index (χ0v) is 11.7. The summed E-state index contributed by atoms with van der Waals surface area (Å²) in [4.78, 5) is 26.8. The number of nitrogens with zero attached hydrogens (tertiary/aromatic N) is 2. The summed E-state index contributed by atoms with van der Waals surface area (Å²) in [6.45, 7) is 7.73. The summed E-state index contributed by atoms with van der Waals surface area (Å²) in [5, 5.41) is 8.86. The van der Waals surface area contributed by atoms with E-state index in [9.17, 15) is 9.59 Å². The maximum atomic E-state index is 11.9. The van der Waals surface area contributed by atoms with Gasteiger partial charge in [-0.05, 0) is 33.6 Å². The molecule has 0 aromatic heterocycles. The van der Waals surface area contributed by atoms with Crippen LogP contribution in [-0.4, -0.2) is 59.0 Å². The van der Waals surface area contributed by atoms with Gasteiger partial charge in [-0.2, -0.15) is 0 Å². The summed E-state index contributed by atoms with van der Waals surface area (Å²) < 4.78 is 0. The zero-order valence-electron chi connectivity index (χ0n) is 11.7. The fourth-order valence-electron chi connectivity index (χ4n) is 2.38. The van der Waals surface area contributed by atoms with Crippen LogP contribution in [0.4, 0.5) is 0 Å². The molecule has 1 aliphatic rings. The Morgan fingerprint density at radius 3 is 2.11 bits per heavy atom. The Balaban J connectivity index is 2.52. The summed E-state index contributed by atoms with van der Waals surface area (Å²) in [6, 6.07) is 0.708. The predicted molar refractivity (Wildman–Crippen MR) is 69.3 cm³/mol. The predicted octanol–water partition coefficient (Wildman–Crippen LogP) is 1.04. The van der Waals surface area contributed by atoms with E-state index in [1.807, 2.05) is 0 Å². The van der Waals surface area contributed by atoms with Crippen LogP contribution < -0.4 is 0 Å². The monoisotopic (exact) mass is 256 g/mol. The van der Waals surface area contributed by atoms with Crippen LogP contribution in [0.25, 0.3) is 0 Å². The Kier molecular flexibility index (Phi) is 5.14. The van der Waals surface area contributed by atoms with E-state index in [0.717, 1.165) is 25.9 Å². The number of hydrogen-bond donors (Lipinski definition) is 1. The first kappa shape index (κ1) is 15.0. The number of aliphatic carboxylic acids is 1. The first-order valence-electron chi connectivity index (χ1n) is 6.58. The number of hydrogen-bond acceptors (Lipinski definition) is 3. The van der Waals surface area contributed by atoms with Crippen LogP contribution in [-0.2, 0) is 9.59 Å². The quantitative estimate of drug-likeness (QED) is 0.763. The highest BCUT2D eigenvalue weighted by Gasteiger charge is 2.30. The maximum absolute atomic E-state index is 11.9. The van der Waals surface area contributed by atoms with Crippen LogP contribution in [0.15, 0.2) is 0 Å². The minimum atomic E-state index is -1.05. The lowest BCUT2D eigenvalue weighted by atomic mass is 10.0. The average molecular weight is 256 g/mol. The third-order valence-electron chi connectivity index (χ3n) is 3.87. The lowest BCUT2D eigenvalue weighted by molar-refractivity contribution is -0.151. The van der Waals surface area contributed by atoms with E-state index in [0.29, 0.717) is 6.04 Å². The van der Waals surface area contributed by atoms with Crippen molar-refractivity contribution in [2.75, 3.05) is 20.1 Å². The summed E-state index contributed by atoms with van der Waals surface area (Å²) >= 11 is 0. The fourth-order valence-corrected chi connectivity index (χ4v) is 2.38. The Morgan fingerprint density at radius 1 is 1.22 bits per heavy atom. The summed E-state index contributed by atoms with van der Waals surface area (Å²) in [7, 11) is 1.72. The van der Waals surface area contributed by atoms with Crippen molar-refractivity contribution in [2.24, 2.45) is 5.92 Å². The molecule has 1 N–H and O–H groups in total. The number of carboxylic acid groups (broad SMARTS) is 1. The van der Waals surface area contributed by atoms with Gasteiger partial charge >= 0.3 is 5.97 Å². The lowest BCUT2D eigenvalue weighted by Gasteiger charge is -2.38. The number of amides is 1. The summed E-state index contributed by atoms with van der Waals surface area (Å²) in [6.07, 6.45) is 1.85. The van der Waals surface area contributed by atoms with Crippen LogP contribution >= 0.6 is 0 Å². The van der Waals surface area contributed by atoms with Gasteiger partial charge in [-0.1, -0.05) is 0 Å². The molecule has 0 aromatic rings. The third-order valence-corrected chi connectivity index (χ3v) is 3.87. The molecule has 1 amide bonds. The molecule has 1 unspecified atom stereocenters. The van der Waals surface area contributed by atoms with Crippen molar-refractivity contribution in [3.63, 3.8) is 0 Å². The number of piperidine rings is 1. The molecule has 0 aliphatic carbocycles. The van der Waals surface area contributed by atoms with Gasteiger partial charge in [0, 0.05) is 32.2 Å². The largest absolute Gasteiger partial charge is 0.481 e. The molecule has 1 atom stereocenters. The number of rotatable bonds is 4. The van der Waals surface area contributed by atoms with Gasteiger partial charge in [0.2, 0.25) is 5.91 Å². The Labute approximate surface area is 109 Å². The molecule has 1 heterocycles. The SMILES string of the molecule is CC(C(=O)O)C(=O)N(C)C1CCN(C(C)C)CC1. The molecule has 104 valence electrons. The van der Waals surface area contributed by atoms with Gasteiger partial charge in [0.05, 0.1) is 0 Å². The van der Waals surface area contributed by atoms with E-state index in [1.54, 1.807) is 11.9 Å². The minimum Gasteiger partial charge on any atom is -0.481 e. The van der Waals surface area contributed by atoms with Gasteiger partial charge in [-0.15, -0.1) is 0 Å². The van der Waals surface area contributed by atoms with Crippen LogP contribution in [0.5, 0.6) is 0 Å². The van der Waals surface area contributed by atoms with Gasteiger partial charge in [0.15, 0.2) is 0 Å². The van der Waals surface area contributed by atoms with E-state index in [1.165, 1.54) is 6.92 Å². The molecule has 1 fully saturated rings. The van der Waals surface area contributed by atoms with Gasteiger partial charge < -0.3 is 14.9 Å². The minimum absolute atomic E-state index is 0.175. The molecule has 1 saturated heterocycles. The standard InChI is InChI=1S/C13H24N2O3/c1-9(2)15-7-5-11(6-8-15)14(4)12(16)10(3)13(17)18/h9-11H,5-8H2,1-4H3,(H,17,18). The van der Waals surface area contributed by atoms with Crippen LogP contribution in [0.1, 0.15) is 33.6 Å². The van der Waals surface area contributed by atoms with Crippen molar-refractivity contribution in [1.82, 2.24) is 9.80 Å². The smallest absolute Gasteiger partial charge is 0.315 e. The second-order valence-electron chi connectivity index (χ2n) is 5.37. The molecular weight excluding hydrogens is 232 g/mol. The Hall–Kier alpha value is -1.10. The normalized spacial score (nSPS) is 19.8. The maximum Gasteiger partial charge on any atom is 0.315 e. The molecule has 18 heavy (non-hydrogen) atoms. The Morgan fingerprint density at radius 2 is 1.72 bits per heavy atom. The molecule has 0 saturated carbocycles. The van der Waals surface area contributed by atoms with Gasteiger partial charge in [-0.3, -0.25) is 9.59 Å². The lowest BCUT2D eigenvalue weighted by Crippen LogP contribution is -2.49. The van der Waals surface area contributed by atoms with Crippen molar-refractivity contribution in [1.29, 1.82) is 0 Å². The molecule has 0 radical (unpaired) electrons. The first-order chi connectivity index (χ1) is 8.34. The zero-order chi connectivity index (χ0) is 13.9. The number of carbonyl (C=O) groups excluding carboxylic acids is 1. The van der Waals surface area contributed by atoms with Crippen molar-refractivity contribution in [3.8, 4) is 0 Å². The molecule has 1 rings (SSSR count). The van der Waals surface area contributed by atoms with Gasteiger partial charge in [0.1, 0.15) is 5.92 Å². The van der Waals surface area contributed by atoms with Crippen molar-refractivity contribution in [3.05, 3.63) is 0 Å². The second kappa shape index (κ2) is 6.18. The molecule has 5 heteroatoms. The number of carboxylic acids is 1. The van der Waals surface area contributed by atoms with E-state index in [-0.39, 0.29) is 11.9 Å². The highest BCUT2D eigenvalue weighted by Crippen LogP contribution is 2.18. The fraction of sp³-hybridized carbons (Fsp3) is 0.846. The molecule has 0 bridgehead atoms. The van der Waals surface area contributed by atoms with Crippen LogP contribution in [0.3, 0.4) is 0 Å². The second-order valence-corrected chi connectivity index (χ2v) is 5.37. The summed E-state index contributed by atoms with van der Waals surface area (Å²) in [5.41, 5.74) is 0. The number of likely N-dealkylation sites (tertiary alicyclic amines) is 1. The van der Waals surface area contributed by atoms with Crippen LogP contribution in [0.2, 0.25) is 0 Å². The highest BCUT2D eigenvalue weighted by molar-refractivity contribution is 5.96.